The van der Waals surface area contributed by atoms with E-state index in [-0.39, 0.29) is 16.3 Å². The van der Waals surface area contributed by atoms with Crippen molar-refractivity contribution in [3.8, 4) is 0 Å². The molecule has 0 heterocycles. The number of carbonyl (C=O) groups is 1. The number of carbonyl (C=O) groups excluding carboxylic acids is 1. The normalized spacial score (nSPS) is 11.8. The summed E-state index contributed by atoms with van der Waals surface area (Å²) in [6.45, 7) is 1.46. The zero-order valence-corrected chi connectivity index (χ0v) is 11.5. The number of methoxy groups -OCH3 is 1. The molecule has 1 N–H and O–H groups in total. The molecular formula is C11H12N2O6S. The summed E-state index contributed by atoms with van der Waals surface area (Å²) in [4.78, 5) is 20.9. The van der Waals surface area contributed by atoms with Crippen LogP contribution in [-0.4, -0.2) is 26.4 Å². The van der Waals surface area contributed by atoms with Crippen LogP contribution in [0.25, 0.3) is 0 Å². The van der Waals surface area contributed by atoms with Crippen molar-refractivity contribution in [2.75, 3.05) is 7.11 Å². The number of sulfonamides is 1. The van der Waals surface area contributed by atoms with Gasteiger partial charge >= 0.3 is 5.97 Å². The van der Waals surface area contributed by atoms with Crippen LogP contribution in [0.1, 0.15) is 6.92 Å². The summed E-state index contributed by atoms with van der Waals surface area (Å²) in [5.41, 5.74) is -0.478. The summed E-state index contributed by atoms with van der Waals surface area (Å²) in [5, 5.41) is 10.5. The predicted octanol–water partition coefficient (Wildman–Crippen LogP) is 0.950. The molecule has 8 nitrogen and oxygen atoms in total. The fourth-order valence-electron chi connectivity index (χ4n) is 1.28. The SMILES string of the molecule is C/C=C(/NS(=O)(=O)c1ccc([N+](=O)[O-])cc1)C(=O)OC. The van der Waals surface area contributed by atoms with Crippen molar-refractivity contribution in [3.05, 3.63) is 46.2 Å². The Bertz CT molecular complexity index is 648. The van der Waals surface area contributed by atoms with Crippen LogP contribution in [0.4, 0.5) is 5.69 Å². The number of esters is 1. The lowest BCUT2D eigenvalue weighted by Gasteiger charge is -2.09. The van der Waals surface area contributed by atoms with E-state index in [1.54, 1.807) is 0 Å². The van der Waals surface area contributed by atoms with E-state index in [1.807, 2.05) is 4.72 Å². The minimum Gasteiger partial charge on any atom is -0.464 e. The lowest BCUT2D eigenvalue weighted by molar-refractivity contribution is -0.384. The van der Waals surface area contributed by atoms with Gasteiger partial charge in [-0.2, -0.15) is 0 Å². The third-order valence-corrected chi connectivity index (χ3v) is 3.68. The molecule has 1 aromatic rings. The number of nitro benzene ring substituents is 1. The maximum Gasteiger partial charge on any atom is 0.354 e. The van der Waals surface area contributed by atoms with Crippen molar-refractivity contribution in [2.24, 2.45) is 0 Å². The zero-order chi connectivity index (χ0) is 15.3. The second-order valence-electron chi connectivity index (χ2n) is 3.55. The Kier molecular flexibility index (Phi) is 4.81. The average Bonchev–Trinajstić information content (AvgIpc) is 2.44. The molecule has 0 saturated heterocycles. The highest BCUT2D eigenvalue weighted by molar-refractivity contribution is 7.89. The summed E-state index contributed by atoms with van der Waals surface area (Å²) >= 11 is 0. The maximum atomic E-state index is 12.0. The van der Waals surface area contributed by atoms with Crippen molar-refractivity contribution in [1.82, 2.24) is 4.72 Å². The quantitative estimate of drug-likeness (QED) is 0.374. The van der Waals surface area contributed by atoms with Gasteiger partial charge in [-0.1, -0.05) is 6.08 Å². The second kappa shape index (κ2) is 6.15. The Morgan fingerprint density at radius 3 is 2.30 bits per heavy atom. The Morgan fingerprint density at radius 1 is 1.35 bits per heavy atom. The molecule has 1 rings (SSSR count). The van der Waals surface area contributed by atoms with Gasteiger partial charge in [0, 0.05) is 12.1 Å². The van der Waals surface area contributed by atoms with Gasteiger partial charge in [-0.15, -0.1) is 0 Å². The van der Waals surface area contributed by atoms with E-state index >= 15 is 0 Å². The van der Waals surface area contributed by atoms with E-state index in [0.29, 0.717) is 0 Å². The van der Waals surface area contributed by atoms with Crippen LogP contribution >= 0.6 is 0 Å². The standard InChI is InChI=1S/C11H12N2O6S/c1-3-10(11(14)19-2)12-20(17,18)9-6-4-8(5-7-9)13(15)16/h3-7,12H,1-2H3/b10-3+. The summed E-state index contributed by atoms with van der Waals surface area (Å²) < 4.78 is 30.4. The van der Waals surface area contributed by atoms with E-state index in [4.69, 9.17) is 0 Å². The molecule has 20 heavy (non-hydrogen) atoms. The number of ether oxygens (including phenoxy) is 1. The van der Waals surface area contributed by atoms with Crippen LogP contribution in [0.2, 0.25) is 0 Å². The van der Waals surface area contributed by atoms with E-state index in [2.05, 4.69) is 4.74 Å². The zero-order valence-electron chi connectivity index (χ0n) is 10.7. The van der Waals surface area contributed by atoms with E-state index in [0.717, 1.165) is 31.4 Å². The highest BCUT2D eigenvalue weighted by Crippen LogP contribution is 2.16. The molecule has 0 bridgehead atoms. The molecule has 0 atom stereocenters. The molecule has 1 aromatic carbocycles. The molecule has 0 aliphatic rings. The van der Waals surface area contributed by atoms with Gasteiger partial charge in [0.05, 0.1) is 16.9 Å². The molecule has 0 aliphatic heterocycles. The number of rotatable bonds is 5. The lowest BCUT2D eigenvalue weighted by Crippen LogP contribution is -2.28. The highest BCUT2D eigenvalue weighted by atomic mass is 32.2. The van der Waals surface area contributed by atoms with Crippen molar-refractivity contribution in [3.63, 3.8) is 0 Å². The Morgan fingerprint density at radius 2 is 1.90 bits per heavy atom. The van der Waals surface area contributed by atoms with Gasteiger partial charge in [-0.05, 0) is 19.1 Å². The molecule has 108 valence electrons. The number of nitrogens with one attached hydrogen (secondary N) is 1. The van der Waals surface area contributed by atoms with Gasteiger partial charge in [0.15, 0.2) is 0 Å². The molecule has 0 unspecified atom stereocenters. The van der Waals surface area contributed by atoms with E-state index < -0.39 is 20.9 Å². The number of hydrogen-bond acceptors (Lipinski definition) is 6. The largest absolute Gasteiger partial charge is 0.464 e. The minimum absolute atomic E-state index is 0.202. The molecule has 0 saturated carbocycles. The summed E-state index contributed by atoms with van der Waals surface area (Å²) in [7, 11) is -2.89. The Hall–Kier alpha value is -2.42. The minimum atomic E-state index is -4.01. The van der Waals surface area contributed by atoms with E-state index in [1.165, 1.54) is 13.0 Å². The topological polar surface area (TPSA) is 116 Å². The van der Waals surface area contributed by atoms with Gasteiger partial charge in [-0.25, -0.2) is 13.2 Å². The predicted molar refractivity (Wildman–Crippen MR) is 69.2 cm³/mol. The fraction of sp³-hybridized carbons (Fsp3) is 0.182. The molecule has 0 fully saturated rings. The Labute approximate surface area is 115 Å². The van der Waals surface area contributed by atoms with Crippen LogP contribution in [0, 0.1) is 10.1 Å². The third-order valence-electron chi connectivity index (χ3n) is 2.30. The number of non-ortho nitro benzene ring substituents is 1. The van der Waals surface area contributed by atoms with Gasteiger partial charge in [0.25, 0.3) is 15.7 Å². The number of benzene rings is 1. The third kappa shape index (κ3) is 3.54. The van der Waals surface area contributed by atoms with Crippen molar-refractivity contribution < 1.29 is 22.9 Å². The van der Waals surface area contributed by atoms with Gasteiger partial charge < -0.3 is 4.74 Å². The molecule has 9 heteroatoms. The number of nitrogens with zero attached hydrogens (tertiary/aromatic N) is 1. The fourth-order valence-corrected chi connectivity index (χ4v) is 2.38. The number of allylic oxidation sites excluding steroid dienone is 1. The summed E-state index contributed by atoms with van der Waals surface area (Å²) in [6.07, 6.45) is 1.24. The van der Waals surface area contributed by atoms with Gasteiger partial charge in [0.1, 0.15) is 5.70 Å². The smallest absolute Gasteiger partial charge is 0.354 e. The molecule has 0 spiro atoms. The summed E-state index contributed by atoms with van der Waals surface area (Å²) in [6, 6.07) is 4.26. The van der Waals surface area contributed by atoms with E-state index in [9.17, 15) is 23.3 Å². The van der Waals surface area contributed by atoms with Crippen molar-refractivity contribution in [1.29, 1.82) is 0 Å². The molecular weight excluding hydrogens is 288 g/mol. The summed E-state index contributed by atoms with van der Waals surface area (Å²) in [5.74, 6) is -0.835. The molecule has 0 aliphatic carbocycles. The van der Waals surface area contributed by atoms with Crippen LogP contribution < -0.4 is 4.72 Å². The second-order valence-corrected chi connectivity index (χ2v) is 5.23. The van der Waals surface area contributed by atoms with Gasteiger partial charge in [0.2, 0.25) is 0 Å². The first-order chi connectivity index (χ1) is 9.31. The maximum absolute atomic E-state index is 12.0. The first-order valence-electron chi connectivity index (χ1n) is 5.33. The average molecular weight is 300 g/mol. The molecule has 0 radical (unpaired) electrons. The van der Waals surface area contributed by atoms with Crippen LogP contribution in [0.3, 0.4) is 0 Å². The van der Waals surface area contributed by atoms with Crippen LogP contribution in [-0.2, 0) is 19.6 Å². The molecule has 0 amide bonds. The first kappa shape index (κ1) is 15.6. The molecule has 0 aromatic heterocycles. The van der Waals surface area contributed by atoms with Crippen LogP contribution in [0.5, 0.6) is 0 Å². The Balaban J connectivity index is 3.05. The monoisotopic (exact) mass is 300 g/mol. The lowest BCUT2D eigenvalue weighted by atomic mass is 10.3. The van der Waals surface area contributed by atoms with Gasteiger partial charge in [-0.3, -0.25) is 14.8 Å². The highest BCUT2D eigenvalue weighted by Gasteiger charge is 2.20. The number of nitro groups is 1. The first-order valence-corrected chi connectivity index (χ1v) is 6.82. The van der Waals surface area contributed by atoms with Crippen molar-refractivity contribution in [2.45, 2.75) is 11.8 Å². The van der Waals surface area contributed by atoms with Crippen LogP contribution in [0.15, 0.2) is 40.9 Å². The van der Waals surface area contributed by atoms with Crippen molar-refractivity contribution >= 4 is 21.7 Å². The number of hydrogen-bond donors (Lipinski definition) is 1.